The highest BCUT2D eigenvalue weighted by molar-refractivity contribution is 5.97. The zero-order valence-corrected chi connectivity index (χ0v) is 13.7. The van der Waals surface area contributed by atoms with Crippen molar-refractivity contribution < 1.29 is 19.0 Å². The van der Waals surface area contributed by atoms with Crippen molar-refractivity contribution in [3.05, 3.63) is 23.6 Å². The first kappa shape index (κ1) is 16.2. The topological polar surface area (TPSA) is 89.3 Å². The molecule has 0 fully saturated rings. The summed E-state index contributed by atoms with van der Waals surface area (Å²) in [7, 11) is 0. The molecule has 8 heteroatoms. The lowest BCUT2D eigenvalue weighted by Crippen LogP contribution is -2.24. The zero-order valence-electron chi connectivity index (χ0n) is 13.7. The van der Waals surface area contributed by atoms with Gasteiger partial charge in [0, 0.05) is 19.0 Å². The van der Waals surface area contributed by atoms with Crippen LogP contribution >= 0.6 is 0 Å². The Morgan fingerprint density at radius 2 is 2.25 bits per heavy atom. The fourth-order valence-electron chi connectivity index (χ4n) is 2.64. The number of carboxylic acids is 1. The lowest BCUT2D eigenvalue weighted by molar-refractivity contribution is 0.0684. The highest BCUT2D eigenvalue weighted by Crippen LogP contribution is 2.35. The molecule has 2 aromatic heterocycles. The third-order valence-corrected chi connectivity index (χ3v) is 3.72. The molecule has 2 N–H and O–H groups in total. The second kappa shape index (κ2) is 6.10. The second-order valence-corrected chi connectivity index (χ2v) is 6.11. The number of hydrogen-bond acceptors (Lipinski definition) is 5. The Balaban J connectivity index is 2.08. The van der Waals surface area contributed by atoms with Crippen molar-refractivity contribution in [3.63, 3.8) is 0 Å². The molecule has 128 valence electrons. The molecule has 0 aromatic carbocycles. The van der Waals surface area contributed by atoms with Gasteiger partial charge in [0.15, 0.2) is 0 Å². The summed E-state index contributed by atoms with van der Waals surface area (Å²) in [4.78, 5) is 15.5. The molecule has 1 atom stereocenters. The molecule has 7 nitrogen and oxygen atoms in total. The van der Waals surface area contributed by atoms with Gasteiger partial charge in [-0.1, -0.05) is 0 Å². The number of carboxylic acid groups (broad SMARTS) is 1. The number of rotatable bonds is 4. The van der Waals surface area contributed by atoms with E-state index in [4.69, 9.17) is 4.74 Å². The Labute approximate surface area is 138 Å². The van der Waals surface area contributed by atoms with Crippen molar-refractivity contribution in [1.82, 2.24) is 14.8 Å². The first-order chi connectivity index (χ1) is 11.4. The lowest BCUT2D eigenvalue weighted by Gasteiger charge is -2.21. The highest BCUT2D eigenvalue weighted by atomic mass is 19.1. The van der Waals surface area contributed by atoms with Crippen LogP contribution in [0.25, 0.3) is 11.3 Å². The van der Waals surface area contributed by atoms with Crippen LogP contribution in [-0.4, -0.2) is 38.0 Å². The summed E-state index contributed by atoms with van der Waals surface area (Å²) in [6, 6.07) is 3.19. The Hall–Kier alpha value is -2.64. The Morgan fingerprint density at radius 3 is 2.88 bits per heavy atom. The maximum Gasteiger partial charge on any atom is 0.343 e. The Kier molecular flexibility index (Phi) is 4.13. The Bertz CT molecular complexity index is 788. The van der Waals surface area contributed by atoms with Crippen LogP contribution in [0.3, 0.4) is 0 Å². The van der Waals surface area contributed by atoms with Crippen molar-refractivity contribution in [1.29, 1.82) is 0 Å². The number of pyridine rings is 1. The van der Waals surface area contributed by atoms with E-state index < -0.39 is 11.9 Å². The van der Waals surface area contributed by atoms with E-state index in [1.165, 1.54) is 10.7 Å². The fourth-order valence-corrected chi connectivity index (χ4v) is 2.64. The monoisotopic (exact) mass is 334 g/mol. The van der Waals surface area contributed by atoms with Crippen LogP contribution in [0, 0.1) is 5.95 Å². The van der Waals surface area contributed by atoms with Gasteiger partial charge in [0.1, 0.15) is 17.1 Å². The van der Waals surface area contributed by atoms with Crippen molar-refractivity contribution in [2.75, 3.05) is 5.32 Å². The van der Waals surface area contributed by atoms with Crippen LogP contribution in [0.2, 0.25) is 0 Å². The van der Waals surface area contributed by atoms with Crippen LogP contribution in [0.5, 0.6) is 5.88 Å². The standard InChI is InChI=1S/C16H19FN4O3/c1-8(2)18-11-5-4-10(14(17)19-11)13-12(16(22)23)15-21(20-13)7-6-9(3)24-15/h4-5,8-9H,6-7H2,1-3H3,(H,18,19)(H,22,23)/t9-/m0/s1. The molecular formula is C16H19FN4O3. The lowest BCUT2D eigenvalue weighted by atomic mass is 10.1. The van der Waals surface area contributed by atoms with Crippen LogP contribution in [0.4, 0.5) is 10.2 Å². The predicted molar refractivity (Wildman–Crippen MR) is 85.8 cm³/mol. The van der Waals surface area contributed by atoms with Crippen LogP contribution in [0.1, 0.15) is 37.6 Å². The predicted octanol–water partition coefficient (Wildman–Crippen LogP) is 2.77. The third-order valence-electron chi connectivity index (χ3n) is 3.72. The number of carbonyl (C=O) groups is 1. The van der Waals surface area contributed by atoms with E-state index in [0.29, 0.717) is 18.8 Å². The van der Waals surface area contributed by atoms with Crippen LogP contribution in [0.15, 0.2) is 12.1 Å². The number of nitrogens with zero attached hydrogens (tertiary/aromatic N) is 3. The molecule has 1 aliphatic heterocycles. The molecule has 0 radical (unpaired) electrons. The zero-order chi connectivity index (χ0) is 17.4. The van der Waals surface area contributed by atoms with Crippen molar-refractivity contribution >= 4 is 11.8 Å². The van der Waals surface area contributed by atoms with Gasteiger partial charge in [-0.2, -0.15) is 9.49 Å². The molecule has 24 heavy (non-hydrogen) atoms. The maximum atomic E-state index is 14.4. The minimum Gasteiger partial charge on any atom is -0.477 e. The van der Waals surface area contributed by atoms with Gasteiger partial charge in [0.2, 0.25) is 11.8 Å². The number of nitrogens with one attached hydrogen (secondary N) is 1. The van der Waals surface area contributed by atoms with Crippen LogP contribution < -0.4 is 10.1 Å². The van der Waals surface area contributed by atoms with Gasteiger partial charge >= 0.3 is 5.97 Å². The highest BCUT2D eigenvalue weighted by Gasteiger charge is 2.31. The number of ether oxygens (including phenoxy) is 1. The first-order valence-corrected chi connectivity index (χ1v) is 7.81. The van der Waals surface area contributed by atoms with Gasteiger partial charge in [-0.15, -0.1) is 0 Å². The largest absolute Gasteiger partial charge is 0.477 e. The van der Waals surface area contributed by atoms with Gasteiger partial charge in [-0.3, -0.25) is 0 Å². The van der Waals surface area contributed by atoms with E-state index in [-0.39, 0.29) is 34.8 Å². The van der Waals surface area contributed by atoms with Crippen LogP contribution in [-0.2, 0) is 6.54 Å². The number of hydrogen-bond donors (Lipinski definition) is 2. The minimum atomic E-state index is -1.20. The summed E-state index contributed by atoms with van der Waals surface area (Å²) in [5, 5.41) is 16.8. The summed E-state index contributed by atoms with van der Waals surface area (Å²) in [5.74, 6) is -1.42. The van der Waals surface area contributed by atoms with E-state index in [9.17, 15) is 14.3 Å². The molecular weight excluding hydrogens is 315 g/mol. The van der Waals surface area contributed by atoms with Gasteiger partial charge in [-0.05, 0) is 32.9 Å². The molecule has 1 aliphatic rings. The molecule has 0 saturated heterocycles. The van der Waals surface area contributed by atoms with Gasteiger partial charge < -0.3 is 15.2 Å². The van der Waals surface area contributed by atoms with E-state index in [2.05, 4.69) is 15.4 Å². The SMILES string of the molecule is CC(C)Nc1ccc(-c2nn3c(c2C(=O)O)O[C@@H](C)CC3)c(F)n1. The average Bonchev–Trinajstić information content (AvgIpc) is 2.84. The number of halogens is 1. The normalized spacial score (nSPS) is 16.6. The quantitative estimate of drug-likeness (QED) is 0.836. The second-order valence-electron chi connectivity index (χ2n) is 6.11. The molecule has 0 saturated carbocycles. The van der Waals surface area contributed by atoms with Gasteiger partial charge in [0.25, 0.3) is 0 Å². The van der Waals surface area contributed by atoms with E-state index >= 15 is 0 Å². The summed E-state index contributed by atoms with van der Waals surface area (Å²) in [6.45, 7) is 6.21. The number of fused-ring (bicyclic) bond motifs is 1. The summed E-state index contributed by atoms with van der Waals surface area (Å²) < 4.78 is 21.5. The van der Waals surface area contributed by atoms with E-state index in [0.717, 1.165) is 0 Å². The average molecular weight is 334 g/mol. The molecule has 2 aromatic rings. The molecule has 3 heterocycles. The first-order valence-electron chi connectivity index (χ1n) is 7.81. The van der Waals surface area contributed by atoms with Crippen molar-refractivity contribution in [3.8, 4) is 17.1 Å². The molecule has 0 unspecified atom stereocenters. The molecule has 0 bridgehead atoms. The number of aromatic nitrogens is 3. The minimum absolute atomic E-state index is 0.0349. The summed E-state index contributed by atoms with van der Waals surface area (Å²) >= 11 is 0. The Morgan fingerprint density at radius 1 is 1.50 bits per heavy atom. The van der Waals surface area contributed by atoms with Crippen molar-refractivity contribution in [2.24, 2.45) is 0 Å². The summed E-state index contributed by atoms with van der Waals surface area (Å²) in [6.07, 6.45) is 0.603. The van der Waals surface area contributed by atoms with Gasteiger partial charge in [-0.25, -0.2) is 14.5 Å². The number of anilines is 1. The summed E-state index contributed by atoms with van der Waals surface area (Å²) in [5.41, 5.74) is -0.0561. The van der Waals surface area contributed by atoms with E-state index in [1.54, 1.807) is 6.07 Å². The molecule has 0 aliphatic carbocycles. The molecule has 0 amide bonds. The van der Waals surface area contributed by atoms with Gasteiger partial charge in [0.05, 0.1) is 11.7 Å². The number of aromatic carboxylic acids is 1. The van der Waals surface area contributed by atoms with Crippen molar-refractivity contribution in [2.45, 2.75) is 45.9 Å². The smallest absolute Gasteiger partial charge is 0.343 e. The molecule has 3 rings (SSSR count). The third kappa shape index (κ3) is 2.91. The number of aryl methyl sites for hydroxylation is 1. The fraction of sp³-hybridized carbons (Fsp3) is 0.438. The maximum absolute atomic E-state index is 14.4. The molecule has 0 spiro atoms. The van der Waals surface area contributed by atoms with E-state index in [1.807, 2.05) is 20.8 Å².